The summed E-state index contributed by atoms with van der Waals surface area (Å²) in [5.74, 6) is 0. The van der Waals surface area contributed by atoms with E-state index >= 15 is 0 Å². The zero-order chi connectivity index (χ0) is 16.4. The highest BCUT2D eigenvalue weighted by Gasteiger charge is 2.36. The second kappa shape index (κ2) is 5.93. The Balaban J connectivity index is 1.95. The lowest BCUT2D eigenvalue weighted by Crippen LogP contribution is -2.21. The second-order valence-corrected chi connectivity index (χ2v) is 6.12. The summed E-state index contributed by atoms with van der Waals surface area (Å²) in [5, 5.41) is 0. The van der Waals surface area contributed by atoms with Crippen LogP contribution in [0.5, 0.6) is 0 Å². The molecule has 24 heavy (non-hydrogen) atoms. The van der Waals surface area contributed by atoms with E-state index < -0.39 is 5.54 Å². The fraction of sp³-hybridized carbons (Fsp3) is 0.0870. The molecule has 0 spiro atoms. The number of benzene rings is 3. The maximum Gasteiger partial charge on any atom is 0.130 e. The number of nitrogens with zero attached hydrogens (tertiary/aromatic N) is 1. The predicted molar refractivity (Wildman–Crippen MR) is 101 cm³/mol. The molecule has 116 valence electrons. The average Bonchev–Trinajstić information content (AvgIpc) is 3.03. The van der Waals surface area contributed by atoms with Crippen molar-refractivity contribution in [3.8, 4) is 0 Å². The largest absolute Gasteiger partial charge is 0.269 e. The molecule has 3 aromatic carbocycles. The Morgan fingerprint density at radius 1 is 0.625 bits per heavy atom. The zero-order valence-electron chi connectivity index (χ0n) is 13.7. The molecule has 0 N–H and O–H groups in total. The van der Waals surface area contributed by atoms with Crippen LogP contribution in [-0.2, 0) is 5.54 Å². The van der Waals surface area contributed by atoms with Crippen LogP contribution in [-0.4, -0.2) is 5.71 Å². The van der Waals surface area contributed by atoms with Gasteiger partial charge in [-0.3, -0.25) is 4.99 Å². The van der Waals surface area contributed by atoms with Crippen molar-refractivity contribution in [2.24, 2.45) is 4.99 Å². The number of rotatable bonds is 3. The molecule has 0 bridgehead atoms. The van der Waals surface area contributed by atoms with Crippen molar-refractivity contribution in [3.05, 3.63) is 114 Å². The van der Waals surface area contributed by atoms with Gasteiger partial charge in [0.2, 0.25) is 0 Å². The molecule has 0 saturated carbocycles. The van der Waals surface area contributed by atoms with Gasteiger partial charge in [-0.2, -0.15) is 0 Å². The van der Waals surface area contributed by atoms with Crippen molar-refractivity contribution in [1.29, 1.82) is 0 Å². The third-order valence-corrected chi connectivity index (χ3v) is 4.60. The maximum atomic E-state index is 5.14. The predicted octanol–water partition coefficient (Wildman–Crippen LogP) is 5.49. The Labute approximate surface area is 143 Å². The van der Waals surface area contributed by atoms with E-state index in [0.29, 0.717) is 0 Å². The maximum absolute atomic E-state index is 5.14. The van der Waals surface area contributed by atoms with Crippen molar-refractivity contribution in [2.75, 3.05) is 0 Å². The summed E-state index contributed by atoms with van der Waals surface area (Å²) in [4.78, 5) is 5.14. The fourth-order valence-corrected chi connectivity index (χ4v) is 3.43. The van der Waals surface area contributed by atoms with Gasteiger partial charge in [0.1, 0.15) is 5.54 Å². The molecule has 0 radical (unpaired) electrons. The van der Waals surface area contributed by atoms with E-state index in [2.05, 4.69) is 97.9 Å². The highest BCUT2D eigenvalue weighted by Crippen LogP contribution is 2.42. The molecule has 1 aliphatic rings. The average molecular weight is 309 g/mol. The summed E-state index contributed by atoms with van der Waals surface area (Å²) in [5.41, 5.74) is 5.45. The minimum absolute atomic E-state index is 0.447. The van der Waals surface area contributed by atoms with Gasteiger partial charge in [-0.15, -0.1) is 0 Å². The molecule has 0 saturated heterocycles. The smallest absolute Gasteiger partial charge is 0.130 e. The molecule has 1 heteroatoms. The Bertz CT molecular complexity index is 851. The summed E-state index contributed by atoms with van der Waals surface area (Å²) < 4.78 is 0. The van der Waals surface area contributed by atoms with Gasteiger partial charge < -0.3 is 0 Å². The van der Waals surface area contributed by atoms with Crippen LogP contribution in [0.3, 0.4) is 0 Å². The lowest BCUT2D eigenvalue weighted by molar-refractivity contribution is 0.698. The Morgan fingerprint density at radius 3 is 1.58 bits per heavy atom. The molecular formula is C23H19N. The van der Waals surface area contributed by atoms with Gasteiger partial charge in [-0.25, -0.2) is 0 Å². The first-order chi connectivity index (χ1) is 11.8. The first-order valence-electron chi connectivity index (χ1n) is 8.26. The minimum atomic E-state index is -0.447. The van der Waals surface area contributed by atoms with Crippen LogP contribution >= 0.6 is 0 Å². The molecule has 0 amide bonds. The quantitative estimate of drug-likeness (QED) is 0.607. The van der Waals surface area contributed by atoms with Gasteiger partial charge in [0.25, 0.3) is 0 Å². The summed E-state index contributed by atoms with van der Waals surface area (Å²) in [6, 6.07) is 31.6. The van der Waals surface area contributed by atoms with Crippen LogP contribution in [0.25, 0.3) is 5.57 Å². The topological polar surface area (TPSA) is 12.4 Å². The van der Waals surface area contributed by atoms with E-state index in [9.17, 15) is 0 Å². The molecule has 3 aromatic rings. The highest BCUT2D eigenvalue weighted by atomic mass is 14.9. The van der Waals surface area contributed by atoms with E-state index in [4.69, 9.17) is 4.99 Å². The Hall–Kier alpha value is -2.93. The van der Waals surface area contributed by atoms with Crippen molar-refractivity contribution in [3.63, 3.8) is 0 Å². The van der Waals surface area contributed by atoms with Crippen LogP contribution in [0.2, 0.25) is 0 Å². The lowest BCUT2D eigenvalue weighted by Gasteiger charge is -2.25. The van der Waals surface area contributed by atoms with E-state index in [0.717, 1.165) is 5.71 Å². The third kappa shape index (κ3) is 2.39. The van der Waals surface area contributed by atoms with Crippen molar-refractivity contribution in [1.82, 2.24) is 0 Å². The monoisotopic (exact) mass is 309 g/mol. The molecule has 0 atom stereocenters. The molecule has 0 unspecified atom stereocenters. The fourth-order valence-electron chi connectivity index (χ4n) is 3.43. The van der Waals surface area contributed by atoms with Gasteiger partial charge in [0, 0.05) is 11.3 Å². The Kier molecular flexibility index (Phi) is 3.62. The normalized spacial score (nSPS) is 15.7. The molecule has 4 rings (SSSR count). The van der Waals surface area contributed by atoms with Gasteiger partial charge in [0.15, 0.2) is 0 Å². The molecule has 1 nitrogen and oxygen atoms in total. The number of hydrogen-bond donors (Lipinski definition) is 0. The second-order valence-electron chi connectivity index (χ2n) is 6.12. The van der Waals surface area contributed by atoms with Crippen LogP contribution in [0.4, 0.5) is 0 Å². The molecule has 0 aliphatic carbocycles. The van der Waals surface area contributed by atoms with E-state index in [-0.39, 0.29) is 0 Å². The molecule has 1 heterocycles. The van der Waals surface area contributed by atoms with Gasteiger partial charge in [-0.1, -0.05) is 91.0 Å². The SMILES string of the molecule is CC1=NC(c2ccccc2)(c2ccccc2)C=C1c1ccccc1. The van der Waals surface area contributed by atoms with Gasteiger partial charge in [0.05, 0.1) is 0 Å². The Morgan fingerprint density at radius 2 is 1.08 bits per heavy atom. The molecular weight excluding hydrogens is 290 g/mol. The van der Waals surface area contributed by atoms with E-state index in [1.54, 1.807) is 0 Å². The van der Waals surface area contributed by atoms with Crippen LogP contribution in [0.15, 0.2) is 102 Å². The van der Waals surface area contributed by atoms with Crippen LogP contribution < -0.4 is 0 Å². The zero-order valence-corrected chi connectivity index (χ0v) is 13.7. The summed E-state index contributed by atoms with van der Waals surface area (Å²) >= 11 is 0. The summed E-state index contributed by atoms with van der Waals surface area (Å²) in [7, 11) is 0. The van der Waals surface area contributed by atoms with Crippen molar-refractivity contribution in [2.45, 2.75) is 12.5 Å². The minimum Gasteiger partial charge on any atom is -0.269 e. The standard InChI is InChI=1S/C23H19N/c1-18-22(19-11-5-2-6-12-19)17-23(24-18,20-13-7-3-8-14-20)21-15-9-4-10-16-21/h2-17H,1H3. The van der Waals surface area contributed by atoms with Gasteiger partial charge >= 0.3 is 0 Å². The highest BCUT2D eigenvalue weighted by molar-refractivity contribution is 6.25. The summed E-state index contributed by atoms with van der Waals surface area (Å²) in [6.45, 7) is 2.10. The lowest BCUT2D eigenvalue weighted by atomic mass is 9.83. The summed E-state index contributed by atoms with van der Waals surface area (Å²) in [6.07, 6.45) is 2.31. The first-order valence-corrected chi connectivity index (χ1v) is 8.26. The number of allylic oxidation sites excluding steroid dienone is 1. The van der Waals surface area contributed by atoms with E-state index in [1.807, 2.05) is 6.07 Å². The first kappa shape index (κ1) is 14.6. The van der Waals surface area contributed by atoms with Crippen LogP contribution in [0.1, 0.15) is 23.6 Å². The number of hydrogen-bond acceptors (Lipinski definition) is 1. The molecule has 1 aliphatic heterocycles. The molecule has 0 aromatic heterocycles. The van der Waals surface area contributed by atoms with Crippen molar-refractivity contribution >= 4 is 11.3 Å². The van der Waals surface area contributed by atoms with Gasteiger partial charge in [-0.05, 0) is 29.7 Å². The van der Waals surface area contributed by atoms with Crippen LogP contribution in [0, 0.1) is 0 Å². The number of aliphatic imine (C=N–C) groups is 1. The van der Waals surface area contributed by atoms with E-state index in [1.165, 1.54) is 22.3 Å². The molecule has 0 fully saturated rings. The third-order valence-electron chi connectivity index (χ3n) is 4.60. The van der Waals surface area contributed by atoms with Crippen molar-refractivity contribution < 1.29 is 0 Å².